The van der Waals surface area contributed by atoms with E-state index in [0.29, 0.717) is 35.8 Å². The van der Waals surface area contributed by atoms with Crippen molar-refractivity contribution in [1.29, 1.82) is 0 Å². The van der Waals surface area contributed by atoms with Crippen molar-refractivity contribution >= 4 is 29.1 Å². The van der Waals surface area contributed by atoms with E-state index < -0.39 is 0 Å². The van der Waals surface area contributed by atoms with E-state index in [4.69, 9.17) is 0 Å². The Bertz CT molecular complexity index is 1220. The van der Waals surface area contributed by atoms with E-state index >= 15 is 0 Å². The largest absolute Gasteiger partial charge is 0.353 e. The third-order valence-electron chi connectivity index (χ3n) is 5.59. The number of amides is 3. The first-order valence-corrected chi connectivity index (χ1v) is 11.6. The van der Waals surface area contributed by atoms with Gasteiger partial charge in [-0.2, -0.15) is 0 Å². The van der Waals surface area contributed by atoms with Gasteiger partial charge >= 0.3 is 0 Å². The van der Waals surface area contributed by atoms with Gasteiger partial charge in [-0.3, -0.25) is 14.4 Å². The lowest BCUT2D eigenvalue weighted by Crippen LogP contribution is -2.49. The van der Waals surface area contributed by atoms with E-state index in [9.17, 15) is 14.4 Å². The van der Waals surface area contributed by atoms with Crippen LogP contribution in [0.2, 0.25) is 0 Å². The Morgan fingerprint density at radius 1 is 1.12 bits per heavy atom. The highest BCUT2D eigenvalue weighted by Crippen LogP contribution is 2.30. The molecule has 3 amide bonds. The number of hydrogen-bond donors (Lipinski definition) is 2. The number of carbonyl (C=O) groups is 3. The standard InChI is InChI=1S/C25H26N4O3S/c1-15-4-9-20(16(2)12-15)24-28-17(3)22(33-24)23(31)27-13-18-5-7-19(8-6-18)25(32)29-11-10-26-21(30)14-29/h4-9,12H,10-11,13-14H2,1-3H3,(H,26,30)(H,27,31). The van der Waals surface area contributed by atoms with Gasteiger partial charge in [0, 0.05) is 30.8 Å². The highest BCUT2D eigenvalue weighted by atomic mass is 32.1. The lowest BCUT2D eigenvalue weighted by atomic mass is 10.1. The number of benzene rings is 2. The fraction of sp³-hybridized carbons (Fsp3) is 0.280. The minimum atomic E-state index is -0.167. The van der Waals surface area contributed by atoms with Crippen molar-refractivity contribution < 1.29 is 14.4 Å². The van der Waals surface area contributed by atoms with E-state index in [-0.39, 0.29) is 24.3 Å². The Balaban J connectivity index is 1.39. The summed E-state index contributed by atoms with van der Waals surface area (Å²) >= 11 is 1.39. The number of aromatic nitrogens is 1. The monoisotopic (exact) mass is 462 g/mol. The normalized spacial score (nSPS) is 13.5. The first-order valence-electron chi connectivity index (χ1n) is 10.8. The van der Waals surface area contributed by atoms with Crippen LogP contribution >= 0.6 is 11.3 Å². The van der Waals surface area contributed by atoms with Crippen molar-refractivity contribution in [2.75, 3.05) is 19.6 Å². The van der Waals surface area contributed by atoms with Gasteiger partial charge in [0.25, 0.3) is 11.8 Å². The van der Waals surface area contributed by atoms with Crippen LogP contribution in [-0.2, 0) is 11.3 Å². The fourth-order valence-electron chi connectivity index (χ4n) is 3.80. The topological polar surface area (TPSA) is 91.4 Å². The van der Waals surface area contributed by atoms with Crippen LogP contribution in [0.15, 0.2) is 42.5 Å². The van der Waals surface area contributed by atoms with Crippen molar-refractivity contribution in [3.63, 3.8) is 0 Å². The Labute approximate surface area is 196 Å². The third-order valence-corrected chi connectivity index (χ3v) is 6.78. The number of piperazine rings is 1. The number of rotatable bonds is 5. The fourth-order valence-corrected chi connectivity index (χ4v) is 4.87. The molecule has 0 bridgehead atoms. The Morgan fingerprint density at radius 3 is 2.58 bits per heavy atom. The molecule has 3 aromatic rings. The highest BCUT2D eigenvalue weighted by Gasteiger charge is 2.22. The van der Waals surface area contributed by atoms with Crippen LogP contribution in [0.3, 0.4) is 0 Å². The van der Waals surface area contributed by atoms with E-state index in [1.54, 1.807) is 12.1 Å². The van der Waals surface area contributed by atoms with Crippen LogP contribution in [0.1, 0.15) is 42.4 Å². The zero-order chi connectivity index (χ0) is 23.5. The lowest BCUT2D eigenvalue weighted by Gasteiger charge is -2.26. The number of carbonyl (C=O) groups excluding carboxylic acids is 3. The molecular formula is C25H26N4O3S. The second-order valence-electron chi connectivity index (χ2n) is 8.21. The quantitative estimate of drug-likeness (QED) is 0.609. The van der Waals surface area contributed by atoms with Crippen molar-refractivity contribution in [1.82, 2.24) is 20.5 Å². The molecule has 170 valence electrons. The Hall–Kier alpha value is -3.52. The van der Waals surface area contributed by atoms with Gasteiger partial charge in [-0.1, -0.05) is 35.9 Å². The minimum absolute atomic E-state index is 0.0783. The third kappa shape index (κ3) is 5.12. The van der Waals surface area contributed by atoms with Gasteiger partial charge in [0.05, 0.1) is 12.2 Å². The zero-order valence-corrected chi connectivity index (χ0v) is 19.7. The summed E-state index contributed by atoms with van der Waals surface area (Å²) in [5.41, 5.74) is 5.48. The summed E-state index contributed by atoms with van der Waals surface area (Å²) in [4.78, 5) is 43.6. The maximum atomic E-state index is 12.8. The zero-order valence-electron chi connectivity index (χ0n) is 18.9. The molecule has 8 heteroatoms. The molecule has 1 fully saturated rings. The van der Waals surface area contributed by atoms with Crippen molar-refractivity contribution in [3.8, 4) is 10.6 Å². The number of nitrogens with one attached hydrogen (secondary N) is 2. The van der Waals surface area contributed by atoms with Gasteiger partial charge in [-0.05, 0) is 44.0 Å². The maximum absolute atomic E-state index is 12.8. The summed E-state index contributed by atoms with van der Waals surface area (Å²) in [6.07, 6.45) is 0. The predicted octanol–water partition coefficient (Wildman–Crippen LogP) is 3.24. The van der Waals surface area contributed by atoms with E-state index in [1.165, 1.54) is 21.8 Å². The van der Waals surface area contributed by atoms with Crippen LogP contribution in [0.5, 0.6) is 0 Å². The number of nitrogens with zero attached hydrogens (tertiary/aromatic N) is 2. The second-order valence-corrected chi connectivity index (χ2v) is 9.21. The molecule has 0 atom stereocenters. The van der Waals surface area contributed by atoms with Crippen LogP contribution in [0, 0.1) is 20.8 Å². The SMILES string of the molecule is Cc1ccc(-c2nc(C)c(C(=O)NCc3ccc(C(=O)N4CCNC(=O)C4)cc3)s2)c(C)c1. The molecule has 0 unspecified atom stereocenters. The van der Waals surface area contributed by atoms with E-state index in [2.05, 4.69) is 28.6 Å². The van der Waals surface area contributed by atoms with Gasteiger partial charge in [0.15, 0.2) is 0 Å². The summed E-state index contributed by atoms with van der Waals surface area (Å²) in [6, 6.07) is 13.3. The molecule has 1 aromatic heterocycles. The smallest absolute Gasteiger partial charge is 0.263 e. The number of hydrogen-bond acceptors (Lipinski definition) is 5. The average Bonchev–Trinajstić information content (AvgIpc) is 3.18. The van der Waals surface area contributed by atoms with Crippen LogP contribution < -0.4 is 10.6 Å². The molecule has 0 saturated carbocycles. The average molecular weight is 463 g/mol. The molecule has 2 aromatic carbocycles. The molecule has 1 aliphatic heterocycles. The molecule has 0 radical (unpaired) electrons. The van der Waals surface area contributed by atoms with Crippen LogP contribution in [-0.4, -0.2) is 47.2 Å². The Kier molecular flexibility index (Phi) is 6.55. The number of aryl methyl sites for hydroxylation is 3. The first-order chi connectivity index (χ1) is 15.8. The lowest BCUT2D eigenvalue weighted by molar-refractivity contribution is -0.123. The van der Waals surface area contributed by atoms with Gasteiger partial charge in [0.2, 0.25) is 5.91 Å². The molecule has 1 aliphatic rings. The Morgan fingerprint density at radius 2 is 1.88 bits per heavy atom. The summed E-state index contributed by atoms with van der Waals surface area (Å²) < 4.78 is 0. The summed E-state index contributed by atoms with van der Waals surface area (Å²) in [5.74, 6) is -0.479. The number of thiazole rings is 1. The van der Waals surface area contributed by atoms with Crippen LogP contribution in [0.4, 0.5) is 0 Å². The summed E-state index contributed by atoms with van der Waals surface area (Å²) in [6.45, 7) is 7.34. The molecule has 2 heterocycles. The molecular weight excluding hydrogens is 436 g/mol. The molecule has 1 saturated heterocycles. The van der Waals surface area contributed by atoms with Crippen molar-refractivity contribution in [2.45, 2.75) is 27.3 Å². The molecule has 4 rings (SSSR count). The molecule has 33 heavy (non-hydrogen) atoms. The van der Waals surface area contributed by atoms with Crippen LogP contribution in [0.25, 0.3) is 10.6 Å². The van der Waals surface area contributed by atoms with Gasteiger partial charge in [0.1, 0.15) is 9.88 Å². The van der Waals surface area contributed by atoms with Gasteiger partial charge < -0.3 is 15.5 Å². The first kappa shape index (κ1) is 22.7. The maximum Gasteiger partial charge on any atom is 0.263 e. The van der Waals surface area contributed by atoms with E-state index in [0.717, 1.165) is 21.7 Å². The molecule has 0 aliphatic carbocycles. The summed E-state index contributed by atoms with van der Waals surface area (Å²) in [5, 5.41) is 6.49. The highest BCUT2D eigenvalue weighted by molar-refractivity contribution is 7.17. The van der Waals surface area contributed by atoms with Crippen molar-refractivity contribution in [2.24, 2.45) is 0 Å². The molecule has 0 spiro atoms. The van der Waals surface area contributed by atoms with Gasteiger partial charge in [-0.25, -0.2) is 4.98 Å². The molecule has 7 nitrogen and oxygen atoms in total. The van der Waals surface area contributed by atoms with E-state index in [1.807, 2.05) is 38.1 Å². The second kappa shape index (κ2) is 9.54. The molecule has 2 N–H and O–H groups in total. The minimum Gasteiger partial charge on any atom is -0.353 e. The van der Waals surface area contributed by atoms with Crippen molar-refractivity contribution in [3.05, 3.63) is 75.3 Å². The van der Waals surface area contributed by atoms with Gasteiger partial charge in [-0.15, -0.1) is 11.3 Å². The predicted molar refractivity (Wildman–Crippen MR) is 128 cm³/mol. The summed E-state index contributed by atoms with van der Waals surface area (Å²) in [7, 11) is 0.